The minimum Gasteiger partial charge on any atom is -0.393 e. The first-order valence-corrected chi connectivity index (χ1v) is 18.6. The summed E-state index contributed by atoms with van der Waals surface area (Å²) in [6.07, 6.45) is 1.33. The van der Waals surface area contributed by atoms with E-state index in [1.807, 2.05) is 81.1 Å². The van der Waals surface area contributed by atoms with Gasteiger partial charge in [-0.05, 0) is 55.6 Å². The molecule has 2 aromatic carbocycles. The third kappa shape index (κ3) is 15.0. The van der Waals surface area contributed by atoms with E-state index in [-0.39, 0.29) is 43.6 Å². The SMILES string of the molecule is CC(C)CC(NC(=O)[C@H](CCc1ccccc1)NC(=O)CN1CCOCC1)C(=O)N[C@@H](Cc1ccccc1)C(=O)N[C@H](CC(C)C)C(=O)C(C)(O)CO. The zero-order valence-corrected chi connectivity index (χ0v) is 31.8. The molecule has 2 aromatic rings. The molecule has 0 radical (unpaired) electrons. The van der Waals surface area contributed by atoms with Gasteiger partial charge in [0.05, 0.1) is 32.4 Å². The van der Waals surface area contributed by atoms with Crippen molar-refractivity contribution in [3.63, 3.8) is 0 Å². The topological polar surface area (TPSA) is 186 Å². The average Bonchev–Trinajstić information content (AvgIpc) is 3.12. The lowest BCUT2D eigenvalue weighted by atomic mass is 9.90. The number of hydrogen-bond donors (Lipinski definition) is 6. The van der Waals surface area contributed by atoms with Crippen LogP contribution in [0.4, 0.5) is 0 Å². The molecule has 1 aliphatic rings. The summed E-state index contributed by atoms with van der Waals surface area (Å²) < 4.78 is 5.39. The zero-order valence-electron chi connectivity index (χ0n) is 31.8. The fourth-order valence-electron chi connectivity index (χ4n) is 6.16. The lowest BCUT2D eigenvalue weighted by molar-refractivity contribution is -0.144. The Morgan fingerprint density at radius 2 is 1.21 bits per heavy atom. The summed E-state index contributed by atoms with van der Waals surface area (Å²) in [5, 5.41) is 31.5. The summed E-state index contributed by atoms with van der Waals surface area (Å²) in [7, 11) is 0. The van der Waals surface area contributed by atoms with E-state index >= 15 is 0 Å². The third-order valence-electron chi connectivity index (χ3n) is 9.12. The molecule has 13 nitrogen and oxygen atoms in total. The maximum atomic E-state index is 14.1. The Labute approximate surface area is 313 Å². The number of ether oxygens (including phenoxy) is 1. The molecule has 292 valence electrons. The van der Waals surface area contributed by atoms with E-state index in [4.69, 9.17) is 4.74 Å². The first-order chi connectivity index (χ1) is 25.2. The van der Waals surface area contributed by atoms with Gasteiger partial charge >= 0.3 is 0 Å². The Bertz CT molecular complexity index is 1460. The van der Waals surface area contributed by atoms with E-state index in [9.17, 15) is 34.2 Å². The number of aliphatic hydroxyl groups is 2. The number of nitrogens with zero attached hydrogens (tertiary/aromatic N) is 1. The molecule has 2 unspecified atom stereocenters. The van der Waals surface area contributed by atoms with Gasteiger partial charge < -0.3 is 36.2 Å². The molecule has 1 fully saturated rings. The molecule has 0 aliphatic carbocycles. The van der Waals surface area contributed by atoms with Gasteiger partial charge in [-0.15, -0.1) is 0 Å². The monoisotopic (exact) mass is 737 g/mol. The average molecular weight is 738 g/mol. The van der Waals surface area contributed by atoms with Crippen LogP contribution in [0.2, 0.25) is 0 Å². The number of hydrogen-bond acceptors (Lipinski definition) is 9. The van der Waals surface area contributed by atoms with Crippen molar-refractivity contribution in [3.05, 3.63) is 71.8 Å². The summed E-state index contributed by atoms with van der Waals surface area (Å²) in [4.78, 5) is 70.2. The number of benzene rings is 2. The van der Waals surface area contributed by atoms with E-state index in [1.165, 1.54) is 6.92 Å². The summed E-state index contributed by atoms with van der Waals surface area (Å²) >= 11 is 0. The molecule has 5 atom stereocenters. The Morgan fingerprint density at radius 3 is 1.77 bits per heavy atom. The molecule has 0 aromatic heterocycles. The number of carbonyl (C=O) groups excluding carboxylic acids is 5. The number of carbonyl (C=O) groups is 5. The first kappa shape index (κ1) is 43.2. The second kappa shape index (κ2) is 21.5. The van der Waals surface area contributed by atoms with Gasteiger partial charge in [-0.3, -0.25) is 28.9 Å². The normalized spacial score (nSPS) is 16.8. The molecular weight excluding hydrogens is 678 g/mol. The van der Waals surface area contributed by atoms with Crippen molar-refractivity contribution in [1.82, 2.24) is 26.2 Å². The molecule has 0 saturated carbocycles. The fraction of sp³-hybridized carbons (Fsp3) is 0.575. The molecule has 1 aliphatic heterocycles. The van der Waals surface area contributed by atoms with Crippen LogP contribution >= 0.6 is 0 Å². The standard InChI is InChI=1S/C40H59N5O8/c1-27(2)22-32(36(48)40(5,52)26-46)42-39(51)34(24-30-14-10-7-11-15-30)44-38(50)33(23-28(3)4)43-37(49)31(17-16-29-12-8-6-9-13-29)41-35(47)25-45-18-20-53-21-19-45/h6-15,27-28,31-34,46,52H,16-26H2,1-5H3,(H,41,47)(H,42,51)(H,43,49)(H,44,50)/t31-,32+,33?,34-,40?/m0/s1. The van der Waals surface area contributed by atoms with Crippen LogP contribution < -0.4 is 21.3 Å². The number of Topliss-reactive ketones (excluding diaryl/α,β-unsaturated/α-hetero) is 1. The van der Waals surface area contributed by atoms with Crippen molar-refractivity contribution in [2.24, 2.45) is 11.8 Å². The van der Waals surface area contributed by atoms with Crippen LogP contribution in [0, 0.1) is 11.8 Å². The van der Waals surface area contributed by atoms with Crippen LogP contribution in [-0.2, 0) is 41.6 Å². The second-order valence-electron chi connectivity index (χ2n) is 15.0. The molecule has 0 spiro atoms. The van der Waals surface area contributed by atoms with Crippen molar-refractivity contribution in [1.29, 1.82) is 0 Å². The molecule has 1 heterocycles. The maximum Gasteiger partial charge on any atom is 0.243 e. The molecule has 3 rings (SSSR count). The third-order valence-corrected chi connectivity index (χ3v) is 9.12. The fourth-order valence-corrected chi connectivity index (χ4v) is 6.16. The second-order valence-corrected chi connectivity index (χ2v) is 15.0. The quantitative estimate of drug-likeness (QED) is 0.111. The van der Waals surface area contributed by atoms with E-state index in [0.29, 0.717) is 39.1 Å². The largest absolute Gasteiger partial charge is 0.393 e. The summed E-state index contributed by atoms with van der Waals surface area (Å²) in [5.74, 6) is -2.89. The predicted molar refractivity (Wildman–Crippen MR) is 202 cm³/mol. The number of nitrogens with one attached hydrogen (secondary N) is 4. The Morgan fingerprint density at radius 1 is 0.717 bits per heavy atom. The Hall–Kier alpha value is -4.17. The van der Waals surface area contributed by atoms with Crippen molar-refractivity contribution >= 4 is 29.4 Å². The number of ketones is 1. The molecule has 6 N–H and O–H groups in total. The van der Waals surface area contributed by atoms with Gasteiger partial charge in [0.1, 0.15) is 23.7 Å². The predicted octanol–water partition coefficient (Wildman–Crippen LogP) is 1.54. The van der Waals surface area contributed by atoms with Crippen molar-refractivity contribution in [2.45, 2.75) is 96.5 Å². The minimum atomic E-state index is -2.08. The molecule has 0 bridgehead atoms. The lowest BCUT2D eigenvalue weighted by Gasteiger charge is -2.30. The number of morpholine rings is 1. The highest BCUT2D eigenvalue weighted by Gasteiger charge is 2.38. The Kier molecular flexibility index (Phi) is 17.5. The molecule has 53 heavy (non-hydrogen) atoms. The highest BCUT2D eigenvalue weighted by molar-refractivity contribution is 5.97. The van der Waals surface area contributed by atoms with E-state index in [1.54, 1.807) is 12.1 Å². The van der Waals surface area contributed by atoms with Gasteiger partial charge in [0.25, 0.3) is 0 Å². The van der Waals surface area contributed by atoms with Gasteiger partial charge in [0, 0.05) is 19.5 Å². The lowest BCUT2D eigenvalue weighted by Crippen LogP contribution is -2.60. The highest BCUT2D eigenvalue weighted by Crippen LogP contribution is 2.16. The number of aryl methyl sites for hydroxylation is 1. The van der Waals surface area contributed by atoms with Crippen LogP contribution in [0.5, 0.6) is 0 Å². The van der Waals surface area contributed by atoms with Crippen LogP contribution in [0.25, 0.3) is 0 Å². The number of rotatable bonds is 21. The van der Waals surface area contributed by atoms with Gasteiger partial charge in [-0.25, -0.2) is 0 Å². The minimum absolute atomic E-state index is 0.0279. The zero-order chi connectivity index (χ0) is 39.0. The van der Waals surface area contributed by atoms with Crippen LogP contribution in [-0.4, -0.2) is 114 Å². The van der Waals surface area contributed by atoms with Crippen molar-refractivity contribution in [3.8, 4) is 0 Å². The van der Waals surface area contributed by atoms with Crippen LogP contribution in [0.15, 0.2) is 60.7 Å². The highest BCUT2D eigenvalue weighted by atomic mass is 16.5. The maximum absolute atomic E-state index is 14.1. The summed E-state index contributed by atoms with van der Waals surface area (Å²) in [6.45, 7) is 10.3. The van der Waals surface area contributed by atoms with E-state index in [0.717, 1.165) is 11.1 Å². The Balaban J connectivity index is 1.84. The van der Waals surface area contributed by atoms with Crippen molar-refractivity contribution < 1.29 is 38.9 Å². The first-order valence-electron chi connectivity index (χ1n) is 18.6. The van der Waals surface area contributed by atoms with Gasteiger partial charge in [0.15, 0.2) is 5.78 Å². The van der Waals surface area contributed by atoms with E-state index < -0.39 is 59.9 Å². The molecule has 13 heteroatoms. The summed E-state index contributed by atoms with van der Waals surface area (Å²) in [5.41, 5.74) is -0.337. The smallest absolute Gasteiger partial charge is 0.243 e. The van der Waals surface area contributed by atoms with E-state index in [2.05, 4.69) is 21.3 Å². The van der Waals surface area contributed by atoms with Gasteiger partial charge in [-0.1, -0.05) is 88.4 Å². The van der Waals surface area contributed by atoms with Gasteiger partial charge in [-0.2, -0.15) is 0 Å². The van der Waals surface area contributed by atoms with Gasteiger partial charge in [0.2, 0.25) is 23.6 Å². The summed E-state index contributed by atoms with van der Waals surface area (Å²) in [6, 6.07) is 14.4. The molecule has 4 amide bonds. The van der Waals surface area contributed by atoms with Crippen LogP contribution in [0.3, 0.4) is 0 Å². The number of amides is 4. The molecule has 1 saturated heterocycles. The van der Waals surface area contributed by atoms with Crippen LogP contribution in [0.1, 0.15) is 65.0 Å². The number of aliphatic hydroxyl groups excluding tert-OH is 1. The molecular formula is C40H59N5O8. The van der Waals surface area contributed by atoms with Crippen molar-refractivity contribution in [2.75, 3.05) is 39.5 Å².